The van der Waals surface area contributed by atoms with Crippen molar-refractivity contribution >= 4 is 6.08 Å². The van der Waals surface area contributed by atoms with Crippen LogP contribution in [0.2, 0.25) is 0 Å². The van der Waals surface area contributed by atoms with Crippen molar-refractivity contribution in [2.45, 2.75) is 44.8 Å². The SMILES string of the molecule is CCn1c(O)c2c(c1O)C1CCCCN1C2/C=C/c1ccc(-c2cccc(F)c2)cn1. The molecule has 0 bridgehead atoms. The number of nitrogens with zero attached hydrogens (tertiary/aromatic N) is 3. The van der Waals surface area contributed by atoms with E-state index in [2.05, 4.69) is 16.0 Å². The minimum absolute atomic E-state index is 0.0938. The van der Waals surface area contributed by atoms with E-state index >= 15 is 0 Å². The monoisotopic (exact) mass is 419 g/mol. The summed E-state index contributed by atoms with van der Waals surface area (Å²) in [5.41, 5.74) is 4.14. The molecule has 31 heavy (non-hydrogen) atoms. The molecule has 2 N–H and O–H groups in total. The molecule has 0 spiro atoms. The second kappa shape index (κ2) is 7.85. The summed E-state index contributed by atoms with van der Waals surface area (Å²) in [5, 5.41) is 21.6. The highest BCUT2D eigenvalue weighted by atomic mass is 19.1. The van der Waals surface area contributed by atoms with Crippen molar-refractivity contribution in [3.05, 3.63) is 71.3 Å². The molecule has 6 heteroatoms. The quantitative estimate of drug-likeness (QED) is 0.593. The highest BCUT2D eigenvalue weighted by molar-refractivity contribution is 5.64. The highest BCUT2D eigenvalue weighted by Crippen LogP contribution is 2.55. The third-order valence-electron chi connectivity index (χ3n) is 6.52. The Kier molecular flexibility index (Phi) is 5.02. The second-order valence-electron chi connectivity index (χ2n) is 8.25. The van der Waals surface area contributed by atoms with Crippen LogP contribution in [0.3, 0.4) is 0 Å². The van der Waals surface area contributed by atoms with Crippen LogP contribution in [0.25, 0.3) is 17.2 Å². The number of halogens is 1. The fourth-order valence-corrected chi connectivity index (χ4v) is 5.05. The topological polar surface area (TPSA) is 61.5 Å². The van der Waals surface area contributed by atoms with Crippen molar-refractivity contribution < 1.29 is 14.6 Å². The summed E-state index contributed by atoms with van der Waals surface area (Å²) >= 11 is 0. The van der Waals surface area contributed by atoms with Crippen LogP contribution in [0.15, 0.2) is 48.7 Å². The number of pyridine rings is 1. The summed E-state index contributed by atoms with van der Waals surface area (Å²) < 4.78 is 15.1. The molecule has 5 rings (SSSR count). The Balaban J connectivity index is 1.45. The molecule has 2 aliphatic heterocycles. The van der Waals surface area contributed by atoms with Gasteiger partial charge in [-0.3, -0.25) is 14.5 Å². The van der Waals surface area contributed by atoms with Crippen molar-refractivity contribution in [1.82, 2.24) is 14.5 Å². The first kappa shape index (κ1) is 19.8. The van der Waals surface area contributed by atoms with E-state index < -0.39 is 0 Å². The zero-order chi connectivity index (χ0) is 21.5. The van der Waals surface area contributed by atoms with Gasteiger partial charge in [-0.15, -0.1) is 0 Å². The van der Waals surface area contributed by atoms with Crippen LogP contribution in [0, 0.1) is 5.82 Å². The zero-order valence-electron chi connectivity index (χ0n) is 17.5. The van der Waals surface area contributed by atoms with Gasteiger partial charge in [0.05, 0.1) is 11.7 Å². The molecule has 2 unspecified atom stereocenters. The molecule has 0 amide bonds. The van der Waals surface area contributed by atoms with Crippen LogP contribution in [0.4, 0.5) is 4.39 Å². The average molecular weight is 420 g/mol. The zero-order valence-corrected chi connectivity index (χ0v) is 17.5. The molecule has 2 aromatic heterocycles. The number of aromatic hydroxyl groups is 2. The van der Waals surface area contributed by atoms with Gasteiger partial charge in [0.2, 0.25) is 0 Å². The maximum Gasteiger partial charge on any atom is 0.199 e. The molecule has 3 aromatic rings. The molecule has 5 nitrogen and oxygen atoms in total. The summed E-state index contributed by atoms with van der Waals surface area (Å²) in [6.45, 7) is 3.38. The van der Waals surface area contributed by atoms with Crippen molar-refractivity contribution in [2.24, 2.45) is 0 Å². The number of hydrogen-bond acceptors (Lipinski definition) is 4. The van der Waals surface area contributed by atoms with Gasteiger partial charge in [0, 0.05) is 35.5 Å². The van der Waals surface area contributed by atoms with Crippen LogP contribution < -0.4 is 0 Å². The standard InChI is InChI=1S/C25H26FN3O2/c1-2-28-24(30)22-20-8-3-4-13-29(20)21(23(22)25(28)31)12-11-19-10-9-17(15-27-19)16-6-5-7-18(26)14-16/h5-7,9-12,14-15,20-21,30-31H,2-4,8,13H2,1H3/b12-11+. The Morgan fingerprint density at radius 3 is 2.68 bits per heavy atom. The van der Waals surface area contributed by atoms with E-state index in [1.165, 1.54) is 12.1 Å². The first-order valence-corrected chi connectivity index (χ1v) is 10.9. The first-order valence-electron chi connectivity index (χ1n) is 10.9. The van der Waals surface area contributed by atoms with Crippen LogP contribution in [-0.4, -0.2) is 31.2 Å². The van der Waals surface area contributed by atoms with Gasteiger partial charge in [0.25, 0.3) is 0 Å². The number of benzene rings is 1. The molecule has 1 saturated heterocycles. The molecule has 2 atom stereocenters. The average Bonchev–Trinajstić information content (AvgIpc) is 3.25. The van der Waals surface area contributed by atoms with E-state index in [1.807, 2.05) is 31.2 Å². The van der Waals surface area contributed by atoms with Gasteiger partial charge >= 0.3 is 0 Å². The minimum Gasteiger partial charge on any atom is -0.494 e. The predicted molar refractivity (Wildman–Crippen MR) is 118 cm³/mol. The summed E-state index contributed by atoms with van der Waals surface area (Å²) in [6.07, 6.45) is 8.99. The lowest BCUT2D eigenvalue weighted by Gasteiger charge is -2.33. The number of hydrogen-bond donors (Lipinski definition) is 2. The Morgan fingerprint density at radius 2 is 1.94 bits per heavy atom. The lowest BCUT2D eigenvalue weighted by molar-refractivity contribution is 0.137. The van der Waals surface area contributed by atoms with Crippen LogP contribution in [-0.2, 0) is 6.54 Å². The molecule has 4 heterocycles. The van der Waals surface area contributed by atoms with Crippen molar-refractivity contribution in [3.8, 4) is 22.9 Å². The van der Waals surface area contributed by atoms with Gasteiger partial charge in [-0.25, -0.2) is 4.39 Å². The van der Waals surface area contributed by atoms with E-state index in [1.54, 1.807) is 16.8 Å². The van der Waals surface area contributed by atoms with Gasteiger partial charge in [-0.05, 0) is 56.1 Å². The second-order valence-corrected chi connectivity index (χ2v) is 8.25. The number of aromatic nitrogens is 2. The normalized spacial score (nSPS) is 20.8. The maximum absolute atomic E-state index is 13.5. The highest BCUT2D eigenvalue weighted by Gasteiger charge is 2.44. The number of fused-ring (bicyclic) bond motifs is 3. The van der Waals surface area contributed by atoms with Gasteiger partial charge < -0.3 is 10.2 Å². The fourth-order valence-electron chi connectivity index (χ4n) is 5.05. The molecule has 0 radical (unpaired) electrons. The largest absolute Gasteiger partial charge is 0.494 e. The van der Waals surface area contributed by atoms with E-state index in [0.29, 0.717) is 6.54 Å². The van der Waals surface area contributed by atoms with Crippen LogP contribution >= 0.6 is 0 Å². The molecule has 0 saturated carbocycles. The van der Waals surface area contributed by atoms with E-state index in [9.17, 15) is 14.6 Å². The number of piperidine rings is 1. The van der Waals surface area contributed by atoms with E-state index in [0.717, 1.165) is 53.8 Å². The smallest absolute Gasteiger partial charge is 0.199 e. The van der Waals surface area contributed by atoms with Gasteiger partial charge in [-0.1, -0.05) is 30.7 Å². The van der Waals surface area contributed by atoms with Crippen molar-refractivity contribution in [2.75, 3.05) is 6.54 Å². The first-order chi connectivity index (χ1) is 15.1. The van der Waals surface area contributed by atoms with Gasteiger partial charge in [0.15, 0.2) is 11.8 Å². The third-order valence-corrected chi connectivity index (χ3v) is 6.52. The van der Waals surface area contributed by atoms with E-state index in [4.69, 9.17) is 0 Å². The summed E-state index contributed by atoms with van der Waals surface area (Å²) in [7, 11) is 0. The third kappa shape index (κ3) is 3.31. The molecule has 2 aliphatic rings. The van der Waals surface area contributed by atoms with Crippen molar-refractivity contribution in [3.63, 3.8) is 0 Å². The summed E-state index contributed by atoms with van der Waals surface area (Å²) in [6, 6.07) is 10.4. The minimum atomic E-state index is -0.267. The lowest BCUT2D eigenvalue weighted by atomic mass is 9.99. The van der Waals surface area contributed by atoms with Gasteiger partial charge in [-0.2, -0.15) is 0 Å². The Labute approximate surface area is 181 Å². The summed E-state index contributed by atoms with van der Waals surface area (Å²) in [5.74, 6) is 0.0884. The van der Waals surface area contributed by atoms with Gasteiger partial charge in [0.1, 0.15) is 5.82 Å². The Hall–Kier alpha value is -3.12. The molecule has 1 aromatic carbocycles. The molecule has 160 valence electrons. The molecular formula is C25H26FN3O2. The Morgan fingerprint density at radius 1 is 1.10 bits per heavy atom. The summed E-state index contributed by atoms with van der Waals surface area (Å²) in [4.78, 5) is 6.89. The molecule has 1 fully saturated rings. The maximum atomic E-state index is 13.5. The fraction of sp³-hybridized carbons (Fsp3) is 0.320. The molecular weight excluding hydrogens is 393 g/mol. The van der Waals surface area contributed by atoms with Crippen molar-refractivity contribution in [1.29, 1.82) is 0 Å². The predicted octanol–water partition coefficient (Wildman–Crippen LogP) is 5.42. The van der Waals surface area contributed by atoms with Crippen LogP contribution in [0.5, 0.6) is 11.8 Å². The van der Waals surface area contributed by atoms with E-state index in [-0.39, 0.29) is 29.7 Å². The number of rotatable bonds is 4. The lowest BCUT2D eigenvalue weighted by Crippen LogP contribution is -2.30. The molecule has 0 aliphatic carbocycles. The Bertz CT molecular complexity index is 1140. The van der Waals surface area contributed by atoms with Crippen LogP contribution in [0.1, 0.15) is 55.1 Å².